The van der Waals surface area contributed by atoms with E-state index in [4.69, 9.17) is 4.99 Å². The van der Waals surface area contributed by atoms with Gasteiger partial charge in [0.05, 0.1) is 5.69 Å². The minimum absolute atomic E-state index is 0.741. The van der Waals surface area contributed by atoms with Crippen molar-refractivity contribution in [3.05, 3.63) is 30.3 Å². The van der Waals surface area contributed by atoms with Crippen molar-refractivity contribution in [2.24, 2.45) is 4.99 Å². The number of rotatable bonds is 1. The highest BCUT2D eigenvalue weighted by Gasteiger charge is 2.33. The maximum absolute atomic E-state index is 4.82. The Morgan fingerprint density at radius 3 is 2.35 bits per heavy atom. The Kier molecular flexibility index (Phi) is 2.98. The first-order valence-corrected chi connectivity index (χ1v) is 6.66. The van der Waals surface area contributed by atoms with Crippen molar-refractivity contribution < 1.29 is 0 Å². The number of benzene rings is 1. The normalized spacial score (nSPS) is 29.1. The lowest BCUT2D eigenvalue weighted by molar-refractivity contribution is 0.108. The van der Waals surface area contributed by atoms with Crippen molar-refractivity contribution in [1.82, 2.24) is 4.90 Å². The molecule has 0 spiro atoms. The largest absolute Gasteiger partial charge is 0.300 e. The zero-order chi connectivity index (χ0) is 11.7. The fraction of sp³-hybridized carbons (Fsp3) is 0.533. The van der Waals surface area contributed by atoms with Crippen molar-refractivity contribution in [3.63, 3.8) is 0 Å². The second-order valence-electron chi connectivity index (χ2n) is 5.33. The average molecular weight is 228 g/mol. The van der Waals surface area contributed by atoms with Crippen LogP contribution >= 0.6 is 0 Å². The molecule has 0 aliphatic carbocycles. The van der Waals surface area contributed by atoms with Gasteiger partial charge < -0.3 is 0 Å². The average Bonchev–Trinajstić information content (AvgIpc) is 2.32. The molecule has 0 radical (unpaired) electrons. The summed E-state index contributed by atoms with van der Waals surface area (Å²) >= 11 is 0. The molecule has 2 heterocycles. The molecule has 2 heteroatoms. The van der Waals surface area contributed by atoms with E-state index >= 15 is 0 Å². The van der Waals surface area contributed by atoms with Crippen LogP contribution in [0.15, 0.2) is 35.3 Å². The predicted molar refractivity (Wildman–Crippen MR) is 72.0 cm³/mol. The molecular formula is C15H20N2. The molecule has 3 rings (SSSR count). The van der Waals surface area contributed by atoms with Gasteiger partial charge in [-0.1, -0.05) is 24.6 Å². The van der Waals surface area contributed by atoms with Crippen LogP contribution in [-0.2, 0) is 0 Å². The topological polar surface area (TPSA) is 15.6 Å². The minimum atomic E-state index is 0.741. The molecule has 90 valence electrons. The van der Waals surface area contributed by atoms with Crippen molar-refractivity contribution in [3.8, 4) is 0 Å². The number of hydrogen-bond acceptors (Lipinski definition) is 2. The van der Waals surface area contributed by atoms with E-state index in [1.165, 1.54) is 37.8 Å². The molecule has 0 N–H and O–H groups in total. The predicted octanol–water partition coefficient (Wildman–Crippen LogP) is 3.41. The minimum Gasteiger partial charge on any atom is -0.300 e. The maximum atomic E-state index is 4.82. The van der Waals surface area contributed by atoms with Gasteiger partial charge in [-0.3, -0.25) is 9.89 Å². The van der Waals surface area contributed by atoms with Gasteiger partial charge in [-0.05, 0) is 32.0 Å². The van der Waals surface area contributed by atoms with Gasteiger partial charge in [-0.2, -0.15) is 0 Å². The molecule has 2 aliphatic rings. The van der Waals surface area contributed by atoms with Gasteiger partial charge in [0.25, 0.3) is 0 Å². The molecule has 2 bridgehead atoms. The summed E-state index contributed by atoms with van der Waals surface area (Å²) in [5.41, 5.74) is 2.52. The fourth-order valence-electron chi connectivity index (χ4n) is 3.19. The summed E-state index contributed by atoms with van der Waals surface area (Å²) in [7, 11) is 2.29. The molecule has 0 amide bonds. The third-order valence-electron chi connectivity index (χ3n) is 4.21. The molecule has 0 aromatic heterocycles. The SMILES string of the molecule is CN1C2CCCC1CC(=Nc1ccccc1)C2. The van der Waals surface area contributed by atoms with Crippen molar-refractivity contribution in [2.45, 2.75) is 44.2 Å². The Bertz CT molecular complexity index is 394. The highest BCUT2D eigenvalue weighted by molar-refractivity contribution is 5.88. The van der Waals surface area contributed by atoms with E-state index in [0.29, 0.717) is 0 Å². The van der Waals surface area contributed by atoms with Gasteiger partial charge in [-0.25, -0.2) is 0 Å². The van der Waals surface area contributed by atoms with Gasteiger partial charge in [0.1, 0.15) is 0 Å². The lowest BCUT2D eigenvalue weighted by Gasteiger charge is -2.44. The lowest BCUT2D eigenvalue weighted by atomic mass is 9.84. The standard InChI is InChI=1S/C15H20N2/c1-17-14-8-5-9-15(17)11-13(10-14)16-12-6-3-2-4-7-12/h2-4,6-7,14-15H,5,8-11H2,1H3. The molecule has 2 saturated heterocycles. The number of nitrogens with zero attached hydrogens (tertiary/aromatic N) is 2. The van der Waals surface area contributed by atoms with Crippen LogP contribution in [0.1, 0.15) is 32.1 Å². The highest BCUT2D eigenvalue weighted by Crippen LogP contribution is 2.32. The van der Waals surface area contributed by atoms with E-state index in [0.717, 1.165) is 17.8 Å². The second-order valence-corrected chi connectivity index (χ2v) is 5.33. The summed E-state index contributed by atoms with van der Waals surface area (Å²) < 4.78 is 0. The highest BCUT2D eigenvalue weighted by atomic mass is 15.2. The van der Waals surface area contributed by atoms with Crippen LogP contribution in [0.2, 0.25) is 0 Å². The van der Waals surface area contributed by atoms with Crippen molar-refractivity contribution >= 4 is 11.4 Å². The third kappa shape index (κ3) is 2.27. The summed E-state index contributed by atoms with van der Waals surface area (Å²) in [4.78, 5) is 7.40. The van der Waals surface area contributed by atoms with E-state index in [1.807, 2.05) is 6.07 Å². The maximum Gasteiger partial charge on any atom is 0.0629 e. The number of piperidine rings is 2. The summed E-state index contributed by atoms with van der Waals surface area (Å²) in [6, 6.07) is 11.9. The van der Waals surface area contributed by atoms with Crippen LogP contribution in [0.5, 0.6) is 0 Å². The first-order valence-electron chi connectivity index (χ1n) is 6.66. The molecule has 2 fully saturated rings. The summed E-state index contributed by atoms with van der Waals surface area (Å²) in [5, 5.41) is 0. The zero-order valence-corrected chi connectivity index (χ0v) is 10.5. The molecule has 0 saturated carbocycles. The number of hydrogen-bond donors (Lipinski definition) is 0. The summed E-state index contributed by atoms with van der Waals surface area (Å²) in [6.07, 6.45) is 6.43. The fourth-order valence-corrected chi connectivity index (χ4v) is 3.19. The number of fused-ring (bicyclic) bond motifs is 2. The van der Waals surface area contributed by atoms with Gasteiger partial charge in [0.15, 0.2) is 0 Å². The Morgan fingerprint density at radius 2 is 1.71 bits per heavy atom. The van der Waals surface area contributed by atoms with E-state index in [9.17, 15) is 0 Å². The van der Waals surface area contributed by atoms with E-state index in [-0.39, 0.29) is 0 Å². The van der Waals surface area contributed by atoms with Gasteiger partial charge in [0.2, 0.25) is 0 Å². The third-order valence-corrected chi connectivity index (χ3v) is 4.21. The van der Waals surface area contributed by atoms with Crippen LogP contribution in [-0.4, -0.2) is 29.7 Å². The Balaban J connectivity index is 1.80. The van der Waals surface area contributed by atoms with E-state index in [2.05, 4.69) is 36.2 Å². The second kappa shape index (κ2) is 4.61. The van der Waals surface area contributed by atoms with Crippen LogP contribution in [0, 0.1) is 0 Å². The molecule has 1 aromatic carbocycles. The first-order chi connectivity index (χ1) is 8.33. The van der Waals surface area contributed by atoms with Crippen molar-refractivity contribution in [1.29, 1.82) is 0 Å². The van der Waals surface area contributed by atoms with Gasteiger partial charge in [0, 0.05) is 30.6 Å². The molecule has 2 nitrogen and oxygen atoms in total. The van der Waals surface area contributed by atoms with Gasteiger partial charge in [-0.15, -0.1) is 0 Å². The smallest absolute Gasteiger partial charge is 0.0629 e. The molecule has 17 heavy (non-hydrogen) atoms. The van der Waals surface area contributed by atoms with Crippen LogP contribution < -0.4 is 0 Å². The Morgan fingerprint density at radius 1 is 1.06 bits per heavy atom. The van der Waals surface area contributed by atoms with Crippen LogP contribution in [0.25, 0.3) is 0 Å². The summed E-state index contributed by atoms with van der Waals surface area (Å²) in [6.45, 7) is 0. The number of aliphatic imine (C=N–C) groups is 1. The lowest BCUT2D eigenvalue weighted by Crippen LogP contribution is -2.49. The Labute approximate surface area is 103 Å². The number of para-hydroxylation sites is 1. The van der Waals surface area contributed by atoms with Crippen LogP contribution in [0.4, 0.5) is 5.69 Å². The first kappa shape index (κ1) is 11.0. The van der Waals surface area contributed by atoms with Crippen LogP contribution in [0.3, 0.4) is 0 Å². The molecular weight excluding hydrogens is 208 g/mol. The van der Waals surface area contributed by atoms with Gasteiger partial charge >= 0.3 is 0 Å². The van der Waals surface area contributed by atoms with Crippen molar-refractivity contribution in [2.75, 3.05) is 7.05 Å². The Hall–Kier alpha value is -1.15. The monoisotopic (exact) mass is 228 g/mol. The molecule has 1 aromatic rings. The van der Waals surface area contributed by atoms with E-state index < -0.39 is 0 Å². The molecule has 2 atom stereocenters. The summed E-state index contributed by atoms with van der Waals surface area (Å²) in [5.74, 6) is 0. The zero-order valence-electron chi connectivity index (χ0n) is 10.5. The molecule has 2 aliphatic heterocycles. The van der Waals surface area contributed by atoms with E-state index in [1.54, 1.807) is 0 Å². The molecule has 2 unspecified atom stereocenters. The quantitative estimate of drug-likeness (QED) is 0.719.